The number of rotatable bonds is 6. The second-order valence-electron chi connectivity index (χ2n) is 7.21. The van der Waals surface area contributed by atoms with Crippen LogP contribution < -0.4 is 15.4 Å². The monoisotopic (exact) mass is 473 g/mol. The Morgan fingerprint density at radius 1 is 1.31 bits per heavy atom. The highest BCUT2D eigenvalue weighted by Gasteiger charge is 2.37. The number of methoxy groups -OCH3 is 1. The van der Waals surface area contributed by atoms with Crippen LogP contribution in [0.2, 0.25) is 0 Å². The largest absolute Gasteiger partial charge is 0.496 e. The SMILES string of the molecule is CCNC(=NCC1(c2cc(C)ccc2OC)CCOCC1)NC1CC1.I. The number of nitrogens with zero attached hydrogens (tertiary/aromatic N) is 1. The zero-order chi connectivity index (χ0) is 17.7. The summed E-state index contributed by atoms with van der Waals surface area (Å²) in [6.45, 7) is 7.43. The minimum Gasteiger partial charge on any atom is -0.496 e. The minimum absolute atomic E-state index is 0. The van der Waals surface area contributed by atoms with Gasteiger partial charge < -0.3 is 20.1 Å². The van der Waals surface area contributed by atoms with Crippen LogP contribution in [0.25, 0.3) is 0 Å². The van der Waals surface area contributed by atoms with Crippen LogP contribution in [0, 0.1) is 6.92 Å². The number of ether oxygens (including phenoxy) is 2. The van der Waals surface area contributed by atoms with Crippen LogP contribution in [0.3, 0.4) is 0 Å². The van der Waals surface area contributed by atoms with Crippen molar-refractivity contribution in [3.63, 3.8) is 0 Å². The van der Waals surface area contributed by atoms with E-state index in [0.29, 0.717) is 6.04 Å². The zero-order valence-corrected chi connectivity index (χ0v) is 18.5. The molecule has 1 heterocycles. The number of hydrogen-bond acceptors (Lipinski definition) is 3. The molecule has 3 rings (SSSR count). The van der Waals surface area contributed by atoms with Crippen molar-refractivity contribution < 1.29 is 9.47 Å². The Bertz CT molecular complexity index is 611. The van der Waals surface area contributed by atoms with Crippen molar-refractivity contribution in [1.82, 2.24) is 10.6 Å². The second-order valence-corrected chi connectivity index (χ2v) is 7.21. The van der Waals surface area contributed by atoms with Gasteiger partial charge in [-0.2, -0.15) is 0 Å². The number of benzene rings is 1. The summed E-state index contributed by atoms with van der Waals surface area (Å²) < 4.78 is 11.3. The minimum atomic E-state index is -0.0263. The summed E-state index contributed by atoms with van der Waals surface area (Å²) in [5, 5.41) is 6.90. The molecule has 1 saturated heterocycles. The van der Waals surface area contributed by atoms with Crippen molar-refractivity contribution in [3.05, 3.63) is 29.3 Å². The standard InChI is InChI=1S/C20H31N3O2.HI/c1-4-21-19(23-16-6-7-16)22-14-20(9-11-25-12-10-20)17-13-15(2)5-8-18(17)24-3;/h5,8,13,16H,4,6-7,9-12,14H2,1-3H3,(H2,21,22,23);1H. The first kappa shape index (κ1) is 21.3. The quantitative estimate of drug-likeness (QED) is 0.378. The number of aliphatic imine (C=N–C) groups is 1. The number of nitrogens with one attached hydrogen (secondary N) is 2. The highest BCUT2D eigenvalue weighted by atomic mass is 127. The molecule has 0 amide bonds. The third-order valence-electron chi connectivity index (χ3n) is 5.18. The molecular formula is C20H32IN3O2. The second kappa shape index (κ2) is 9.78. The van der Waals surface area contributed by atoms with Gasteiger partial charge >= 0.3 is 0 Å². The molecule has 2 fully saturated rings. The van der Waals surface area contributed by atoms with E-state index in [-0.39, 0.29) is 29.4 Å². The Labute approximate surface area is 174 Å². The van der Waals surface area contributed by atoms with Crippen LogP contribution in [-0.2, 0) is 10.2 Å². The molecular weight excluding hydrogens is 441 g/mol. The van der Waals surface area contributed by atoms with Crippen molar-refractivity contribution in [1.29, 1.82) is 0 Å². The maximum Gasteiger partial charge on any atom is 0.191 e. The summed E-state index contributed by atoms with van der Waals surface area (Å²) in [5.74, 6) is 1.89. The van der Waals surface area contributed by atoms with Gasteiger partial charge in [-0.25, -0.2) is 0 Å². The van der Waals surface area contributed by atoms with Crippen molar-refractivity contribution in [2.75, 3.05) is 33.4 Å². The third kappa shape index (κ3) is 5.25. The summed E-state index contributed by atoms with van der Waals surface area (Å²) in [6, 6.07) is 7.05. The van der Waals surface area contributed by atoms with Crippen LogP contribution in [-0.4, -0.2) is 45.4 Å². The molecule has 26 heavy (non-hydrogen) atoms. The molecule has 146 valence electrons. The smallest absolute Gasteiger partial charge is 0.191 e. The molecule has 1 aromatic rings. The van der Waals surface area contributed by atoms with Gasteiger partial charge in [-0.15, -0.1) is 24.0 Å². The first-order valence-corrected chi connectivity index (χ1v) is 9.44. The molecule has 6 heteroatoms. The Balaban J connectivity index is 0.00000243. The molecule has 0 bridgehead atoms. The first-order chi connectivity index (χ1) is 12.2. The Morgan fingerprint density at radius 2 is 2.04 bits per heavy atom. The average molecular weight is 473 g/mol. The van der Waals surface area contributed by atoms with E-state index in [1.54, 1.807) is 7.11 Å². The van der Waals surface area contributed by atoms with Crippen molar-refractivity contribution in [3.8, 4) is 5.75 Å². The van der Waals surface area contributed by atoms with Gasteiger partial charge in [0, 0.05) is 36.8 Å². The van der Waals surface area contributed by atoms with Crippen molar-refractivity contribution >= 4 is 29.9 Å². The fourth-order valence-electron chi connectivity index (χ4n) is 3.48. The van der Waals surface area contributed by atoms with Crippen molar-refractivity contribution in [2.45, 2.75) is 51.0 Å². The zero-order valence-electron chi connectivity index (χ0n) is 16.1. The fraction of sp³-hybridized carbons (Fsp3) is 0.650. The molecule has 1 aromatic carbocycles. The van der Waals surface area contributed by atoms with Crippen LogP contribution in [0.1, 0.15) is 43.7 Å². The molecule has 0 aromatic heterocycles. The molecule has 1 saturated carbocycles. The molecule has 1 aliphatic carbocycles. The third-order valence-corrected chi connectivity index (χ3v) is 5.18. The van der Waals surface area contributed by atoms with Gasteiger partial charge in [-0.05, 0) is 45.6 Å². The summed E-state index contributed by atoms with van der Waals surface area (Å²) in [4.78, 5) is 4.95. The average Bonchev–Trinajstić information content (AvgIpc) is 3.45. The van der Waals surface area contributed by atoms with Gasteiger partial charge in [-0.1, -0.05) is 17.7 Å². The van der Waals surface area contributed by atoms with Crippen LogP contribution in [0.5, 0.6) is 5.75 Å². The lowest BCUT2D eigenvalue weighted by molar-refractivity contribution is 0.0522. The lowest BCUT2D eigenvalue weighted by Crippen LogP contribution is -2.42. The predicted octanol–water partition coefficient (Wildman–Crippen LogP) is 3.39. The van der Waals surface area contributed by atoms with Crippen LogP contribution >= 0.6 is 24.0 Å². The highest BCUT2D eigenvalue weighted by molar-refractivity contribution is 14.0. The van der Waals surface area contributed by atoms with E-state index in [0.717, 1.165) is 50.9 Å². The van der Waals surface area contributed by atoms with E-state index in [1.807, 2.05) is 0 Å². The lowest BCUT2D eigenvalue weighted by atomic mass is 9.73. The number of halogens is 1. The topological polar surface area (TPSA) is 54.9 Å². The molecule has 0 spiro atoms. The molecule has 5 nitrogen and oxygen atoms in total. The molecule has 0 unspecified atom stereocenters. The summed E-state index contributed by atoms with van der Waals surface area (Å²) >= 11 is 0. The van der Waals surface area contributed by atoms with E-state index in [2.05, 4.69) is 42.7 Å². The Kier molecular flexibility index (Phi) is 8.01. The van der Waals surface area contributed by atoms with E-state index in [1.165, 1.54) is 24.0 Å². The molecule has 1 aliphatic heterocycles. The number of guanidine groups is 1. The van der Waals surface area contributed by atoms with Gasteiger partial charge in [0.25, 0.3) is 0 Å². The number of aryl methyl sites for hydroxylation is 1. The van der Waals surface area contributed by atoms with E-state index in [4.69, 9.17) is 14.5 Å². The van der Waals surface area contributed by atoms with E-state index in [9.17, 15) is 0 Å². The van der Waals surface area contributed by atoms with Gasteiger partial charge in [0.15, 0.2) is 5.96 Å². The predicted molar refractivity (Wildman–Crippen MR) is 117 cm³/mol. The Morgan fingerprint density at radius 3 is 2.65 bits per heavy atom. The maximum absolute atomic E-state index is 5.69. The number of hydrogen-bond donors (Lipinski definition) is 2. The molecule has 0 radical (unpaired) electrons. The summed E-state index contributed by atoms with van der Waals surface area (Å²) in [7, 11) is 1.75. The molecule has 2 aliphatic rings. The van der Waals surface area contributed by atoms with Crippen LogP contribution in [0.15, 0.2) is 23.2 Å². The van der Waals surface area contributed by atoms with E-state index >= 15 is 0 Å². The first-order valence-electron chi connectivity index (χ1n) is 9.44. The summed E-state index contributed by atoms with van der Waals surface area (Å²) in [5.41, 5.74) is 2.50. The normalized spacial score (nSPS) is 19.4. The Hall–Kier alpha value is -1.02. The highest BCUT2D eigenvalue weighted by Crippen LogP contribution is 2.40. The summed E-state index contributed by atoms with van der Waals surface area (Å²) in [6.07, 6.45) is 4.43. The molecule has 0 atom stereocenters. The van der Waals surface area contributed by atoms with Gasteiger partial charge in [0.1, 0.15) is 5.75 Å². The van der Waals surface area contributed by atoms with Gasteiger partial charge in [-0.3, -0.25) is 4.99 Å². The van der Waals surface area contributed by atoms with Crippen LogP contribution in [0.4, 0.5) is 0 Å². The molecule has 2 N–H and O–H groups in total. The van der Waals surface area contributed by atoms with Gasteiger partial charge in [0.05, 0.1) is 13.7 Å². The maximum atomic E-state index is 5.69. The van der Waals surface area contributed by atoms with Gasteiger partial charge in [0.2, 0.25) is 0 Å². The van der Waals surface area contributed by atoms with Crippen molar-refractivity contribution in [2.24, 2.45) is 4.99 Å². The fourth-order valence-corrected chi connectivity index (χ4v) is 3.48. The lowest BCUT2D eigenvalue weighted by Gasteiger charge is -2.37. The van der Waals surface area contributed by atoms with E-state index < -0.39 is 0 Å².